The minimum absolute atomic E-state index is 0.104. The number of unbranched alkanes of at least 4 members (excludes halogenated alkanes) is 25. The van der Waals surface area contributed by atoms with E-state index in [1.807, 2.05) is 0 Å². The van der Waals surface area contributed by atoms with Crippen molar-refractivity contribution in [1.82, 2.24) is 0 Å². The second kappa shape index (κ2) is 68.8. The van der Waals surface area contributed by atoms with Crippen LogP contribution < -0.4 is 0 Å². The summed E-state index contributed by atoms with van der Waals surface area (Å²) >= 11 is 0. The van der Waals surface area contributed by atoms with Crippen LogP contribution in [0.15, 0.2) is 146 Å². The molecule has 0 aromatic rings. The molecule has 0 saturated heterocycles. The third-order valence-corrected chi connectivity index (χ3v) is 14.1. The highest BCUT2D eigenvalue weighted by Crippen LogP contribution is 2.16. The van der Waals surface area contributed by atoms with E-state index in [1.54, 1.807) is 0 Å². The molecule has 0 amide bonds. The van der Waals surface area contributed by atoms with Crippen molar-refractivity contribution in [3.05, 3.63) is 146 Å². The molecular formula is C76H124O6. The van der Waals surface area contributed by atoms with Crippen molar-refractivity contribution >= 4 is 17.9 Å². The highest BCUT2D eigenvalue weighted by atomic mass is 16.6. The van der Waals surface area contributed by atoms with Gasteiger partial charge in [-0.1, -0.05) is 282 Å². The molecule has 0 bridgehead atoms. The van der Waals surface area contributed by atoms with Gasteiger partial charge in [-0.25, -0.2) is 0 Å². The number of rotatable bonds is 60. The molecule has 0 aromatic heterocycles. The third-order valence-electron chi connectivity index (χ3n) is 14.1. The Labute approximate surface area is 506 Å². The van der Waals surface area contributed by atoms with Crippen molar-refractivity contribution in [3.8, 4) is 0 Å². The van der Waals surface area contributed by atoms with E-state index in [4.69, 9.17) is 14.2 Å². The maximum absolute atomic E-state index is 12.9. The van der Waals surface area contributed by atoms with Gasteiger partial charge >= 0.3 is 17.9 Å². The maximum atomic E-state index is 12.9. The Hall–Kier alpha value is -4.71. The second-order valence-electron chi connectivity index (χ2n) is 22.0. The Balaban J connectivity index is 4.43. The zero-order valence-corrected chi connectivity index (χ0v) is 53.2. The van der Waals surface area contributed by atoms with Crippen molar-refractivity contribution < 1.29 is 28.6 Å². The average Bonchev–Trinajstić information content (AvgIpc) is 3.48. The number of carbonyl (C=O) groups excluding carboxylic acids is 3. The molecule has 0 aromatic carbocycles. The second-order valence-corrected chi connectivity index (χ2v) is 22.0. The number of carbonyl (C=O) groups is 3. The van der Waals surface area contributed by atoms with Crippen molar-refractivity contribution in [2.24, 2.45) is 0 Å². The van der Waals surface area contributed by atoms with Gasteiger partial charge in [0.15, 0.2) is 6.10 Å². The van der Waals surface area contributed by atoms with E-state index in [1.165, 1.54) is 109 Å². The summed E-state index contributed by atoms with van der Waals surface area (Å²) in [5, 5.41) is 0. The summed E-state index contributed by atoms with van der Waals surface area (Å²) in [4.78, 5) is 38.4. The largest absolute Gasteiger partial charge is 0.462 e. The Morgan fingerprint density at radius 3 is 0.768 bits per heavy atom. The topological polar surface area (TPSA) is 78.9 Å². The van der Waals surface area contributed by atoms with Crippen LogP contribution >= 0.6 is 0 Å². The number of hydrogen-bond acceptors (Lipinski definition) is 6. The van der Waals surface area contributed by atoms with Gasteiger partial charge < -0.3 is 14.2 Å². The van der Waals surface area contributed by atoms with Gasteiger partial charge in [-0.05, 0) is 141 Å². The molecule has 0 aliphatic rings. The van der Waals surface area contributed by atoms with Gasteiger partial charge in [-0.2, -0.15) is 0 Å². The molecule has 0 N–H and O–H groups in total. The van der Waals surface area contributed by atoms with Crippen LogP contribution in [-0.2, 0) is 28.6 Å². The van der Waals surface area contributed by atoms with Gasteiger partial charge in [-0.15, -0.1) is 0 Å². The van der Waals surface area contributed by atoms with Gasteiger partial charge in [-0.3, -0.25) is 14.4 Å². The van der Waals surface area contributed by atoms with Crippen molar-refractivity contribution in [2.75, 3.05) is 13.2 Å². The molecule has 0 fully saturated rings. The van der Waals surface area contributed by atoms with Crippen LogP contribution in [0.3, 0.4) is 0 Å². The minimum Gasteiger partial charge on any atom is -0.462 e. The molecule has 6 nitrogen and oxygen atoms in total. The predicted molar refractivity (Wildman–Crippen MR) is 357 cm³/mol. The fourth-order valence-corrected chi connectivity index (χ4v) is 9.06. The number of ether oxygens (including phenoxy) is 3. The summed E-state index contributed by atoms with van der Waals surface area (Å²) in [6, 6.07) is 0. The van der Waals surface area contributed by atoms with Crippen LogP contribution in [-0.4, -0.2) is 37.2 Å². The molecule has 0 spiro atoms. The third kappa shape index (κ3) is 66.1. The van der Waals surface area contributed by atoms with Crippen LogP contribution in [0.1, 0.15) is 297 Å². The Morgan fingerprint density at radius 1 is 0.256 bits per heavy atom. The van der Waals surface area contributed by atoms with E-state index in [-0.39, 0.29) is 37.5 Å². The molecule has 0 aliphatic carbocycles. The van der Waals surface area contributed by atoms with Crippen molar-refractivity contribution in [3.63, 3.8) is 0 Å². The first kappa shape index (κ1) is 77.3. The first-order valence-electron chi connectivity index (χ1n) is 33.8. The summed E-state index contributed by atoms with van der Waals surface area (Å²) in [6.45, 7) is 6.36. The summed E-state index contributed by atoms with van der Waals surface area (Å²) < 4.78 is 16.9. The molecule has 0 radical (unpaired) electrons. The zero-order chi connectivity index (χ0) is 59.2. The van der Waals surface area contributed by atoms with E-state index in [9.17, 15) is 14.4 Å². The number of esters is 3. The fraction of sp³-hybridized carbons (Fsp3) is 0.645. The van der Waals surface area contributed by atoms with E-state index in [0.717, 1.165) is 141 Å². The first-order valence-corrected chi connectivity index (χ1v) is 33.8. The van der Waals surface area contributed by atoms with Crippen molar-refractivity contribution in [2.45, 2.75) is 303 Å². The van der Waals surface area contributed by atoms with Crippen molar-refractivity contribution in [1.29, 1.82) is 0 Å². The van der Waals surface area contributed by atoms with Gasteiger partial charge in [0.25, 0.3) is 0 Å². The van der Waals surface area contributed by atoms with Crippen LogP contribution in [0.2, 0.25) is 0 Å². The number of hydrogen-bond donors (Lipinski definition) is 0. The Bertz CT molecular complexity index is 1780. The predicted octanol–water partition coefficient (Wildman–Crippen LogP) is 23.5. The average molecular weight is 1130 g/mol. The standard InChI is InChI=1S/C76H124O6/c1-4-7-10-13-16-19-22-25-28-31-33-35-36-37-38-39-40-42-43-45-48-51-54-57-60-63-66-69-75(78)81-72-73(71-80-74(77)68-65-62-59-56-53-50-47-30-27-24-21-18-15-12-9-6-3)82-76(79)70-67-64-61-58-55-52-49-46-44-41-34-32-29-26-23-20-17-14-11-8-5-2/h7-8,10-11,16-17,19-21,24-26,28-30,33-35,41,46-47,49,55,58,73H,4-6,9,12-15,18,22-23,27,31-32,36-40,42-45,48,50-54,56-57,59-72H2,1-3H3/b10-7-,11-8-,19-16-,20-17-,24-21-,28-25-,29-26-,35-33-,41-34-,47-30-,49-46-,58-55-. The lowest BCUT2D eigenvalue weighted by Gasteiger charge is -2.18. The molecule has 6 heteroatoms. The SMILES string of the molecule is CC/C=C\C/C=C\C/C=C\C/C=C\C/C=C\C/C=C\CCCCC(=O)OC(COC(=O)CCCCCCC/C=C\C/C=C\CCCCCC)COC(=O)CCCCCCCCCCCCCCCC/C=C\C/C=C\C/C=C\C/C=C\CC. The van der Waals surface area contributed by atoms with Crippen LogP contribution in [0.25, 0.3) is 0 Å². The number of allylic oxidation sites excluding steroid dienone is 24. The van der Waals surface area contributed by atoms with E-state index in [0.29, 0.717) is 19.3 Å². The first-order chi connectivity index (χ1) is 40.5. The van der Waals surface area contributed by atoms with Crippen LogP contribution in [0.4, 0.5) is 0 Å². The fourth-order valence-electron chi connectivity index (χ4n) is 9.06. The molecule has 1 atom stereocenters. The zero-order valence-electron chi connectivity index (χ0n) is 53.2. The summed E-state index contributed by atoms with van der Waals surface area (Å²) in [5.74, 6) is -0.959. The molecule has 0 aliphatic heterocycles. The van der Waals surface area contributed by atoms with E-state index < -0.39 is 6.10 Å². The van der Waals surface area contributed by atoms with E-state index in [2.05, 4.69) is 167 Å². The lowest BCUT2D eigenvalue weighted by molar-refractivity contribution is -0.167. The minimum atomic E-state index is -0.815. The summed E-state index contributed by atoms with van der Waals surface area (Å²) in [7, 11) is 0. The quantitative estimate of drug-likeness (QED) is 0.0261. The van der Waals surface area contributed by atoms with Crippen LogP contribution in [0, 0.1) is 0 Å². The lowest BCUT2D eigenvalue weighted by atomic mass is 10.0. The molecule has 82 heavy (non-hydrogen) atoms. The summed E-state index contributed by atoms with van der Waals surface area (Å²) in [5.41, 5.74) is 0. The molecule has 464 valence electrons. The maximum Gasteiger partial charge on any atom is 0.306 e. The highest BCUT2D eigenvalue weighted by molar-refractivity contribution is 5.71. The Morgan fingerprint density at radius 2 is 0.476 bits per heavy atom. The summed E-state index contributed by atoms with van der Waals surface area (Å²) in [6.07, 6.45) is 98.6. The van der Waals surface area contributed by atoms with Gasteiger partial charge in [0.1, 0.15) is 13.2 Å². The monoisotopic (exact) mass is 1130 g/mol. The van der Waals surface area contributed by atoms with Gasteiger partial charge in [0, 0.05) is 19.3 Å². The molecular weight excluding hydrogens is 1010 g/mol. The highest BCUT2D eigenvalue weighted by Gasteiger charge is 2.19. The van der Waals surface area contributed by atoms with E-state index >= 15 is 0 Å². The smallest absolute Gasteiger partial charge is 0.306 e. The molecule has 1 unspecified atom stereocenters. The van der Waals surface area contributed by atoms with Gasteiger partial charge in [0.05, 0.1) is 0 Å². The molecule has 0 heterocycles. The Kier molecular flexibility index (Phi) is 64.8. The normalized spacial score (nSPS) is 13.1. The van der Waals surface area contributed by atoms with Gasteiger partial charge in [0.2, 0.25) is 0 Å². The molecule has 0 rings (SSSR count). The van der Waals surface area contributed by atoms with Crippen LogP contribution in [0.5, 0.6) is 0 Å². The lowest BCUT2D eigenvalue weighted by Crippen LogP contribution is -2.30. The molecule has 0 saturated carbocycles.